The summed E-state index contributed by atoms with van der Waals surface area (Å²) in [6.45, 7) is 0. The first-order valence-electron chi connectivity index (χ1n) is 1.76. The minimum Gasteiger partial charge on any atom is -0.269 e. The van der Waals surface area contributed by atoms with E-state index in [1.807, 2.05) is 0 Å². The zero-order valence-electron chi connectivity index (χ0n) is 4.03. The van der Waals surface area contributed by atoms with Gasteiger partial charge in [-0.05, 0) is 0 Å². The Morgan fingerprint density at radius 2 is 0.889 bits per heavy atom. The molecule has 0 atom stereocenters. The Morgan fingerprint density at radius 3 is 0.889 bits per heavy atom. The minimum atomic E-state index is -3.57. The third-order valence-electron chi connectivity index (χ3n) is 0.481. The third-order valence-corrected chi connectivity index (χ3v) is 0.481. The van der Waals surface area contributed by atoms with Gasteiger partial charge in [-0.25, -0.2) is 22.0 Å². The lowest BCUT2D eigenvalue weighted by molar-refractivity contribution is -0.0456. The Morgan fingerprint density at radius 1 is 0.667 bits per heavy atom. The number of halogens is 6. The highest BCUT2D eigenvalue weighted by Crippen LogP contribution is 2.13. The molecule has 9 heavy (non-hydrogen) atoms. The second kappa shape index (κ2) is 4.46. The molecule has 0 nitrogen and oxygen atoms in total. The SMILES string of the molecule is F.FC(F)C(F)C(F)F. The molecule has 0 saturated heterocycles. The zero-order chi connectivity index (χ0) is 6.73. The normalized spacial score (nSPS) is 10.7. The number of alkyl halides is 5. The number of rotatable bonds is 2. The minimum absolute atomic E-state index is 0. The van der Waals surface area contributed by atoms with Crippen molar-refractivity contribution in [1.82, 2.24) is 0 Å². The first-order chi connectivity index (χ1) is 3.55. The van der Waals surface area contributed by atoms with E-state index in [2.05, 4.69) is 0 Å². The molecule has 0 radical (unpaired) electrons. The summed E-state index contributed by atoms with van der Waals surface area (Å²) >= 11 is 0. The van der Waals surface area contributed by atoms with Crippen LogP contribution in [-0.2, 0) is 0 Å². The molecule has 0 saturated carbocycles. The van der Waals surface area contributed by atoms with Gasteiger partial charge in [-0.15, -0.1) is 0 Å². The molecule has 0 N–H and O–H groups in total. The molecule has 0 aliphatic carbocycles. The molecule has 6 heteroatoms. The van der Waals surface area contributed by atoms with Gasteiger partial charge in [-0.2, -0.15) is 0 Å². The Kier molecular flexibility index (Phi) is 5.64. The van der Waals surface area contributed by atoms with Gasteiger partial charge in [-0.3, -0.25) is 4.70 Å². The summed E-state index contributed by atoms with van der Waals surface area (Å²) in [5.41, 5.74) is 0. The molecule has 0 bridgehead atoms. The van der Waals surface area contributed by atoms with Crippen LogP contribution in [0.15, 0.2) is 0 Å². The molecule has 0 aromatic carbocycles. The van der Waals surface area contributed by atoms with Crippen molar-refractivity contribution in [3.8, 4) is 0 Å². The number of hydrogen-bond donors (Lipinski definition) is 0. The lowest BCUT2D eigenvalue weighted by atomic mass is 10.4. The summed E-state index contributed by atoms with van der Waals surface area (Å²) in [5, 5.41) is 0. The van der Waals surface area contributed by atoms with E-state index in [9.17, 15) is 22.0 Å². The largest absolute Gasteiger partial charge is 0.275 e. The van der Waals surface area contributed by atoms with E-state index in [0.29, 0.717) is 0 Å². The second-order valence-electron chi connectivity index (χ2n) is 1.11. The Hall–Kier alpha value is -0.420. The molecular formula is C3H4F6. The van der Waals surface area contributed by atoms with Gasteiger partial charge in [0.2, 0.25) is 6.17 Å². The summed E-state index contributed by atoms with van der Waals surface area (Å²) in [5.74, 6) is 0. The van der Waals surface area contributed by atoms with Crippen LogP contribution in [0.4, 0.5) is 26.7 Å². The average molecular weight is 154 g/mol. The van der Waals surface area contributed by atoms with Crippen LogP contribution in [0, 0.1) is 0 Å². The first kappa shape index (κ1) is 11.4. The van der Waals surface area contributed by atoms with Crippen LogP contribution in [-0.4, -0.2) is 19.0 Å². The topological polar surface area (TPSA) is 0 Å². The molecule has 0 aromatic heterocycles. The smallest absolute Gasteiger partial charge is 0.269 e. The molecular weight excluding hydrogens is 150 g/mol. The fraction of sp³-hybridized carbons (Fsp3) is 1.00. The Bertz CT molecular complexity index is 53.3. The van der Waals surface area contributed by atoms with Crippen molar-refractivity contribution in [2.75, 3.05) is 0 Å². The van der Waals surface area contributed by atoms with Gasteiger partial charge in [0.15, 0.2) is 0 Å². The van der Waals surface area contributed by atoms with Crippen molar-refractivity contribution < 1.29 is 26.7 Å². The molecule has 0 fully saturated rings. The molecule has 0 aliphatic heterocycles. The molecule has 0 unspecified atom stereocenters. The monoisotopic (exact) mass is 154 g/mol. The first-order valence-corrected chi connectivity index (χ1v) is 1.76. The fourth-order valence-electron chi connectivity index (χ4n) is 0.110. The summed E-state index contributed by atoms with van der Waals surface area (Å²) in [6, 6.07) is 0. The maximum atomic E-state index is 11.1. The van der Waals surface area contributed by atoms with E-state index < -0.39 is 19.0 Å². The summed E-state index contributed by atoms with van der Waals surface area (Å²) in [7, 11) is 0. The molecule has 0 aromatic rings. The fourth-order valence-corrected chi connectivity index (χ4v) is 0.110. The Labute approximate surface area is 47.0 Å². The van der Waals surface area contributed by atoms with Crippen molar-refractivity contribution in [3.63, 3.8) is 0 Å². The lowest BCUT2D eigenvalue weighted by Gasteiger charge is -2.02. The van der Waals surface area contributed by atoms with Crippen LogP contribution >= 0.6 is 0 Å². The highest BCUT2D eigenvalue weighted by atomic mass is 19.3. The quantitative estimate of drug-likeness (QED) is 0.533. The van der Waals surface area contributed by atoms with Crippen molar-refractivity contribution in [1.29, 1.82) is 0 Å². The van der Waals surface area contributed by atoms with E-state index in [0.717, 1.165) is 0 Å². The van der Waals surface area contributed by atoms with Crippen LogP contribution in [0.25, 0.3) is 0 Å². The zero-order valence-corrected chi connectivity index (χ0v) is 4.03. The van der Waals surface area contributed by atoms with Gasteiger partial charge in [0.05, 0.1) is 0 Å². The highest BCUT2D eigenvalue weighted by Gasteiger charge is 2.28. The predicted molar refractivity (Wildman–Crippen MR) is 19.4 cm³/mol. The average Bonchev–Trinajstić information content (AvgIpc) is 1.64. The molecule has 0 amide bonds. The maximum absolute atomic E-state index is 11.1. The maximum Gasteiger partial charge on any atom is 0.275 e. The Balaban J connectivity index is 0. The van der Waals surface area contributed by atoms with Crippen molar-refractivity contribution in [2.45, 2.75) is 19.0 Å². The molecule has 0 heterocycles. The second-order valence-corrected chi connectivity index (χ2v) is 1.11. The third kappa shape index (κ3) is 4.11. The van der Waals surface area contributed by atoms with Crippen LogP contribution in [0.1, 0.15) is 0 Å². The van der Waals surface area contributed by atoms with E-state index in [-0.39, 0.29) is 4.70 Å². The van der Waals surface area contributed by atoms with E-state index >= 15 is 0 Å². The highest BCUT2D eigenvalue weighted by molar-refractivity contribution is 4.59. The molecule has 0 aliphatic rings. The summed E-state index contributed by atoms with van der Waals surface area (Å²) in [4.78, 5) is 0. The standard InChI is InChI=1S/C3H3F5.FH/c4-1(2(5)6)3(7)8;/h1-3H;1H. The van der Waals surface area contributed by atoms with Crippen LogP contribution in [0.3, 0.4) is 0 Å². The van der Waals surface area contributed by atoms with E-state index in [1.54, 1.807) is 0 Å². The summed E-state index contributed by atoms with van der Waals surface area (Å²) in [6.07, 6.45) is -10.4. The van der Waals surface area contributed by atoms with Crippen LogP contribution in [0.5, 0.6) is 0 Å². The molecule has 58 valence electrons. The van der Waals surface area contributed by atoms with Gasteiger partial charge < -0.3 is 0 Å². The van der Waals surface area contributed by atoms with Gasteiger partial charge in [0.1, 0.15) is 0 Å². The van der Waals surface area contributed by atoms with Crippen molar-refractivity contribution in [2.24, 2.45) is 0 Å². The van der Waals surface area contributed by atoms with E-state index in [1.165, 1.54) is 0 Å². The van der Waals surface area contributed by atoms with Crippen molar-refractivity contribution in [3.05, 3.63) is 0 Å². The number of hydrogen-bond acceptors (Lipinski definition) is 0. The molecule has 0 spiro atoms. The summed E-state index contributed by atoms with van der Waals surface area (Å²) < 4.78 is 54.4. The van der Waals surface area contributed by atoms with Gasteiger partial charge in [0, 0.05) is 0 Å². The van der Waals surface area contributed by atoms with Crippen molar-refractivity contribution >= 4 is 0 Å². The van der Waals surface area contributed by atoms with Crippen LogP contribution < -0.4 is 0 Å². The van der Waals surface area contributed by atoms with Gasteiger partial charge in [0.25, 0.3) is 12.9 Å². The van der Waals surface area contributed by atoms with Gasteiger partial charge in [-0.1, -0.05) is 0 Å². The van der Waals surface area contributed by atoms with E-state index in [4.69, 9.17) is 0 Å². The van der Waals surface area contributed by atoms with Crippen LogP contribution in [0.2, 0.25) is 0 Å². The lowest BCUT2D eigenvalue weighted by Crippen LogP contribution is -2.20. The predicted octanol–water partition coefficient (Wildman–Crippen LogP) is 2.01. The van der Waals surface area contributed by atoms with Gasteiger partial charge >= 0.3 is 0 Å². The molecule has 0 rings (SSSR count).